The molecule has 5 rings (SSSR count). The molecule has 0 aliphatic carbocycles. The van der Waals surface area contributed by atoms with Crippen LogP contribution in [0.25, 0.3) is 28.2 Å². The van der Waals surface area contributed by atoms with Crippen molar-refractivity contribution in [3.05, 3.63) is 117 Å². The van der Waals surface area contributed by atoms with E-state index in [0.717, 1.165) is 0 Å². The average molecular weight is 568 g/mol. The van der Waals surface area contributed by atoms with Crippen LogP contribution >= 0.6 is 11.6 Å². The Morgan fingerprint density at radius 3 is 2.17 bits per heavy atom. The van der Waals surface area contributed by atoms with Gasteiger partial charge in [0.05, 0.1) is 23.6 Å². The summed E-state index contributed by atoms with van der Waals surface area (Å²) in [5, 5.41) is 3.21. The number of carbonyl (C=O) groups excluding carboxylic acids is 2. The zero-order chi connectivity index (χ0) is 29.1. The van der Waals surface area contributed by atoms with Gasteiger partial charge < -0.3 is 10.1 Å². The van der Waals surface area contributed by atoms with Crippen LogP contribution in [0.1, 0.15) is 33.5 Å². The number of halogens is 1. The zero-order valence-electron chi connectivity index (χ0n) is 22.6. The molecule has 2 aromatic heterocycles. The molecule has 0 radical (unpaired) electrons. The van der Waals surface area contributed by atoms with Gasteiger partial charge in [-0.25, -0.2) is 19.4 Å². The molecular weight excluding hydrogens is 542 g/mol. The predicted molar refractivity (Wildman–Crippen MR) is 158 cm³/mol. The van der Waals surface area contributed by atoms with Gasteiger partial charge in [0.2, 0.25) is 0 Å². The van der Waals surface area contributed by atoms with Gasteiger partial charge in [-0.05, 0) is 50.2 Å². The monoisotopic (exact) mass is 567 g/mol. The van der Waals surface area contributed by atoms with Crippen LogP contribution in [0, 0.1) is 6.92 Å². The zero-order valence-corrected chi connectivity index (χ0v) is 23.3. The Balaban J connectivity index is 1.79. The molecule has 0 fully saturated rings. The van der Waals surface area contributed by atoms with Crippen LogP contribution in [0.2, 0.25) is 5.02 Å². The van der Waals surface area contributed by atoms with E-state index in [1.54, 1.807) is 80.2 Å². The molecule has 5 aromatic rings. The first-order valence-electron chi connectivity index (χ1n) is 12.9. The summed E-state index contributed by atoms with van der Waals surface area (Å²) in [7, 11) is 1.77. The van der Waals surface area contributed by atoms with Crippen LogP contribution in [0.5, 0.6) is 0 Å². The molecule has 41 heavy (non-hydrogen) atoms. The van der Waals surface area contributed by atoms with Crippen LogP contribution in [-0.4, -0.2) is 37.8 Å². The minimum absolute atomic E-state index is 0.0875. The molecule has 10 heteroatoms. The van der Waals surface area contributed by atoms with Crippen molar-refractivity contribution in [1.29, 1.82) is 0 Å². The summed E-state index contributed by atoms with van der Waals surface area (Å²) >= 11 is 6.15. The van der Waals surface area contributed by atoms with Crippen LogP contribution in [-0.2, 0) is 11.8 Å². The average Bonchev–Trinajstić information content (AvgIpc) is 3.21. The first-order valence-corrected chi connectivity index (χ1v) is 13.2. The van der Waals surface area contributed by atoms with Gasteiger partial charge in [0.1, 0.15) is 5.69 Å². The van der Waals surface area contributed by atoms with E-state index in [2.05, 4.69) is 10.3 Å². The van der Waals surface area contributed by atoms with E-state index < -0.39 is 11.9 Å². The third-order valence-corrected chi connectivity index (χ3v) is 6.79. The van der Waals surface area contributed by atoms with Crippen molar-refractivity contribution in [1.82, 2.24) is 19.3 Å². The minimum Gasteiger partial charge on any atom is -0.461 e. The Morgan fingerprint density at radius 2 is 1.54 bits per heavy atom. The van der Waals surface area contributed by atoms with Crippen molar-refractivity contribution in [3.8, 4) is 28.2 Å². The maximum Gasteiger partial charge on any atom is 0.360 e. The number of nitrogens with one attached hydrogen (secondary N) is 1. The van der Waals surface area contributed by atoms with E-state index in [1.165, 1.54) is 4.68 Å². The van der Waals surface area contributed by atoms with Gasteiger partial charge in [-0.15, -0.1) is 0 Å². The molecule has 0 saturated heterocycles. The normalized spacial score (nSPS) is 10.8. The van der Waals surface area contributed by atoms with E-state index in [9.17, 15) is 14.4 Å². The Hall–Kier alpha value is -5.02. The molecule has 0 bridgehead atoms. The molecule has 0 aliphatic rings. The Morgan fingerprint density at radius 1 is 0.902 bits per heavy atom. The lowest BCUT2D eigenvalue weighted by Gasteiger charge is -2.15. The fourth-order valence-electron chi connectivity index (χ4n) is 4.46. The third-order valence-electron chi connectivity index (χ3n) is 6.54. The Kier molecular flexibility index (Phi) is 7.80. The molecule has 0 saturated carbocycles. The standard InChI is InChI=1S/C31H26ClN5O4/c1-4-41-31(40)27-28(35-29(38)21-11-7-5-8-12-21)34-26(25(33-27)20-15-17-22(32)18-16-20)24-19(2)36(3)37(30(24)39)23-13-9-6-10-14-23/h5-18H,4H2,1-3H3,(H,34,35,38). The van der Waals surface area contributed by atoms with Gasteiger partial charge >= 0.3 is 5.97 Å². The molecule has 1 N–H and O–H groups in total. The maximum absolute atomic E-state index is 14.0. The first kappa shape index (κ1) is 27.5. The second-order valence-electron chi connectivity index (χ2n) is 9.10. The van der Waals surface area contributed by atoms with Crippen LogP contribution in [0.15, 0.2) is 89.7 Å². The van der Waals surface area contributed by atoms with Gasteiger partial charge in [-0.3, -0.25) is 14.3 Å². The first-order chi connectivity index (χ1) is 19.8. The SMILES string of the molecule is CCOC(=O)c1nc(-c2ccc(Cl)cc2)c(-c2c(C)n(C)n(-c3ccccc3)c2=O)nc1NC(=O)c1ccccc1. The number of aromatic nitrogens is 4. The maximum atomic E-state index is 14.0. The fraction of sp³-hybridized carbons (Fsp3) is 0.129. The number of anilines is 1. The predicted octanol–water partition coefficient (Wildman–Crippen LogP) is 5.69. The number of hydrogen-bond acceptors (Lipinski definition) is 6. The number of ether oxygens (including phenoxy) is 1. The van der Waals surface area contributed by atoms with Crippen LogP contribution in [0.3, 0.4) is 0 Å². The van der Waals surface area contributed by atoms with Crippen molar-refractivity contribution >= 4 is 29.3 Å². The largest absolute Gasteiger partial charge is 0.461 e. The summed E-state index contributed by atoms with van der Waals surface area (Å²) in [6.07, 6.45) is 0. The number of hydrogen-bond donors (Lipinski definition) is 1. The van der Waals surface area contributed by atoms with Crippen molar-refractivity contribution < 1.29 is 14.3 Å². The lowest BCUT2D eigenvalue weighted by molar-refractivity contribution is 0.0520. The van der Waals surface area contributed by atoms with Crippen LogP contribution < -0.4 is 10.9 Å². The number of nitrogens with zero attached hydrogens (tertiary/aromatic N) is 4. The molecule has 0 unspecified atom stereocenters. The quantitative estimate of drug-likeness (QED) is 0.253. The Bertz CT molecular complexity index is 1800. The molecule has 2 heterocycles. The lowest BCUT2D eigenvalue weighted by atomic mass is 10.0. The number of carbonyl (C=O) groups is 2. The molecule has 0 spiro atoms. The number of benzene rings is 3. The summed E-state index contributed by atoms with van der Waals surface area (Å²) in [6, 6.07) is 24.5. The highest BCUT2D eigenvalue weighted by molar-refractivity contribution is 6.30. The molecule has 0 aliphatic heterocycles. The van der Waals surface area contributed by atoms with E-state index >= 15 is 0 Å². The smallest absolute Gasteiger partial charge is 0.360 e. The number of esters is 1. The summed E-state index contributed by atoms with van der Waals surface area (Å²) in [5.41, 5.74) is 2.37. The number of para-hydroxylation sites is 1. The molecule has 206 valence electrons. The number of rotatable bonds is 7. The van der Waals surface area contributed by atoms with E-state index in [1.807, 2.05) is 30.3 Å². The van der Waals surface area contributed by atoms with Crippen LogP contribution in [0.4, 0.5) is 5.82 Å². The van der Waals surface area contributed by atoms with Gasteiger partial charge in [0.15, 0.2) is 11.5 Å². The van der Waals surface area contributed by atoms with E-state index in [-0.39, 0.29) is 40.6 Å². The van der Waals surface area contributed by atoms with Gasteiger partial charge in [-0.1, -0.05) is 60.1 Å². The summed E-state index contributed by atoms with van der Waals surface area (Å²) in [4.78, 5) is 49.6. The highest BCUT2D eigenvalue weighted by atomic mass is 35.5. The van der Waals surface area contributed by atoms with Gasteiger partial charge in [-0.2, -0.15) is 0 Å². The highest BCUT2D eigenvalue weighted by Crippen LogP contribution is 2.33. The van der Waals surface area contributed by atoms with Crippen molar-refractivity contribution in [2.45, 2.75) is 13.8 Å². The van der Waals surface area contributed by atoms with Crippen molar-refractivity contribution in [2.75, 3.05) is 11.9 Å². The summed E-state index contributed by atoms with van der Waals surface area (Å²) in [6.45, 7) is 3.55. The number of amides is 1. The van der Waals surface area contributed by atoms with Gasteiger partial charge in [0, 0.05) is 28.9 Å². The molecular formula is C31H26ClN5O4. The van der Waals surface area contributed by atoms with E-state index in [4.69, 9.17) is 21.3 Å². The topological polar surface area (TPSA) is 108 Å². The van der Waals surface area contributed by atoms with E-state index in [0.29, 0.717) is 27.5 Å². The third kappa shape index (κ3) is 5.39. The lowest BCUT2D eigenvalue weighted by Crippen LogP contribution is -2.22. The minimum atomic E-state index is -0.767. The second-order valence-corrected chi connectivity index (χ2v) is 9.54. The Labute approximate surface area is 241 Å². The second kappa shape index (κ2) is 11.6. The summed E-state index contributed by atoms with van der Waals surface area (Å²) in [5.74, 6) is -1.39. The molecule has 1 amide bonds. The highest BCUT2D eigenvalue weighted by Gasteiger charge is 2.28. The fourth-order valence-corrected chi connectivity index (χ4v) is 4.58. The molecule has 0 atom stereocenters. The molecule has 3 aromatic carbocycles. The van der Waals surface area contributed by atoms with Crippen molar-refractivity contribution in [3.63, 3.8) is 0 Å². The van der Waals surface area contributed by atoms with Gasteiger partial charge in [0.25, 0.3) is 11.5 Å². The molecule has 9 nitrogen and oxygen atoms in total. The van der Waals surface area contributed by atoms with Crippen molar-refractivity contribution in [2.24, 2.45) is 7.05 Å². The summed E-state index contributed by atoms with van der Waals surface area (Å²) < 4.78 is 8.51.